The molecule has 3 aromatic carbocycles. The number of halogens is 1. The Morgan fingerprint density at radius 1 is 0.938 bits per heavy atom. The highest BCUT2D eigenvalue weighted by Crippen LogP contribution is 2.31. The molecule has 3 nitrogen and oxygen atoms in total. The van der Waals surface area contributed by atoms with Gasteiger partial charge in [-0.05, 0) is 54.6 Å². The van der Waals surface area contributed by atoms with Crippen LogP contribution in [-0.2, 0) is 6.54 Å². The van der Waals surface area contributed by atoms with Gasteiger partial charge in [-0.1, -0.05) is 86.0 Å². The average Bonchev–Trinajstić information content (AvgIpc) is 3.05. The van der Waals surface area contributed by atoms with Crippen LogP contribution in [-0.4, -0.2) is 47.1 Å². The minimum absolute atomic E-state index is 0.142. The summed E-state index contributed by atoms with van der Waals surface area (Å²) in [4.78, 5) is 5.09. The molecule has 4 rings (SSSR count). The van der Waals surface area contributed by atoms with E-state index in [1.54, 1.807) is 0 Å². The van der Waals surface area contributed by atoms with Gasteiger partial charge in [-0.2, -0.15) is 0 Å². The maximum Gasteiger partial charge on any atom is 0.0945 e. The summed E-state index contributed by atoms with van der Waals surface area (Å²) >= 11 is 6.36. The van der Waals surface area contributed by atoms with E-state index >= 15 is 0 Å². The Kier molecular flexibility index (Phi) is 8.20. The molecular weight excluding hydrogens is 416 g/mol. The Bertz CT molecular complexity index is 993. The number of aliphatic hydroxyl groups is 1. The first-order valence-corrected chi connectivity index (χ1v) is 12.4. The summed E-state index contributed by atoms with van der Waals surface area (Å²) in [5, 5.41) is 14.4. The summed E-state index contributed by atoms with van der Waals surface area (Å²) < 4.78 is 0. The molecule has 1 fully saturated rings. The summed E-state index contributed by atoms with van der Waals surface area (Å²) in [5.74, 6) is 0. The Balaban J connectivity index is 1.48. The van der Waals surface area contributed by atoms with Crippen LogP contribution >= 0.6 is 11.6 Å². The van der Waals surface area contributed by atoms with Gasteiger partial charge in [0.15, 0.2) is 0 Å². The van der Waals surface area contributed by atoms with E-state index in [-0.39, 0.29) is 6.04 Å². The third-order valence-electron chi connectivity index (χ3n) is 6.75. The molecule has 2 unspecified atom stereocenters. The highest BCUT2D eigenvalue weighted by atomic mass is 35.5. The Morgan fingerprint density at radius 2 is 1.78 bits per heavy atom. The number of unbranched alkanes of at least 4 members (excludes halogenated alkanes) is 1. The first-order chi connectivity index (χ1) is 15.7. The van der Waals surface area contributed by atoms with Crippen molar-refractivity contribution in [3.63, 3.8) is 0 Å². The van der Waals surface area contributed by atoms with Crippen molar-refractivity contribution < 1.29 is 5.11 Å². The van der Waals surface area contributed by atoms with Gasteiger partial charge in [0.1, 0.15) is 0 Å². The minimum atomic E-state index is -0.495. The van der Waals surface area contributed by atoms with Crippen molar-refractivity contribution in [1.29, 1.82) is 0 Å². The molecule has 0 aliphatic carbocycles. The van der Waals surface area contributed by atoms with Crippen molar-refractivity contribution in [2.45, 2.75) is 51.3 Å². The van der Waals surface area contributed by atoms with Crippen LogP contribution in [0.3, 0.4) is 0 Å². The van der Waals surface area contributed by atoms with Crippen LogP contribution in [0.2, 0.25) is 5.02 Å². The maximum atomic E-state index is 11.5. The SMILES string of the molecule is CCCCC(C(O)c1ccc2c(Cl)cccc2c1)N1CCCN(Cc2ccccc2)CC1. The van der Waals surface area contributed by atoms with Gasteiger partial charge in [0.05, 0.1) is 6.10 Å². The second kappa shape index (κ2) is 11.3. The van der Waals surface area contributed by atoms with Crippen molar-refractivity contribution >= 4 is 22.4 Å². The van der Waals surface area contributed by atoms with Gasteiger partial charge < -0.3 is 5.11 Å². The first kappa shape index (κ1) is 23.3. The van der Waals surface area contributed by atoms with Crippen LogP contribution < -0.4 is 0 Å². The second-order valence-corrected chi connectivity index (χ2v) is 9.43. The van der Waals surface area contributed by atoms with E-state index in [0.717, 1.165) is 79.8 Å². The van der Waals surface area contributed by atoms with Crippen molar-refractivity contribution in [3.05, 3.63) is 82.9 Å². The third kappa shape index (κ3) is 5.71. The topological polar surface area (TPSA) is 26.7 Å². The fourth-order valence-electron chi connectivity index (χ4n) is 4.94. The summed E-state index contributed by atoms with van der Waals surface area (Å²) in [5.41, 5.74) is 2.37. The van der Waals surface area contributed by atoms with Gasteiger partial charge in [-0.15, -0.1) is 0 Å². The lowest BCUT2D eigenvalue weighted by atomic mass is 9.94. The molecule has 0 bridgehead atoms. The molecule has 1 aliphatic rings. The molecule has 4 heteroatoms. The molecule has 32 heavy (non-hydrogen) atoms. The maximum absolute atomic E-state index is 11.5. The number of hydrogen-bond donors (Lipinski definition) is 1. The van der Waals surface area contributed by atoms with E-state index in [0.29, 0.717) is 0 Å². The predicted molar refractivity (Wildman–Crippen MR) is 135 cm³/mol. The molecule has 0 aromatic heterocycles. The molecule has 1 heterocycles. The summed E-state index contributed by atoms with van der Waals surface area (Å²) in [7, 11) is 0. The molecule has 2 atom stereocenters. The van der Waals surface area contributed by atoms with E-state index < -0.39 is 6.10 Å². The zero-order valence-corrected chi connectivity index (χ0v) is 19.8. The summed E-state index contributed by atoms with van der Waals surface area (Å²) in [6, 6.07) is 23.1. The van der Waals surface area contributed by atoms with E-state index in [1.165, 1.54) is 5.56 Å². The summed E-state index contributed by atoms with van der Waals surface area (Å²) in [6.45, 7) is 7.41. The van der Waals surface area contributed by atoms with E-state index in [4.69, 9.17) is 11.6 Å². The van der Waals surface area contributed by atoms with Crippen LogP contribution in [0.25, 0.3) is 10.8 Å². The van der Waals surface area contributed by atoms with Crippen molar-refractivity contribution in [2.75, 3.05) is 26.2 Å². The molecule has 0 spiro atoms. The molecule has 1 N–H and O–H groups in total. The minimum Gasteiger partial charge on any atom is -0.387 e. The normalized spacial score (nSPS) is 17.8. The largest absolute Gasteiger partial charge is 0.387 e. The average molecular weight is 451 g/mol. The fourth-order valence-corrected chi connectivity index (χ4v) is 5.19. The van der Waals surface area contributed by atoms with Gasteiger partial charge >= 0.3 is 0 Å². The van der Waals surface area contributed by atoms with Crippen LogP contribution in [0.1, 0.15) is 49.8 Å². The van der Waals surface area contributed by atoms with E-state index in [9.17, 15) is 5.11 Å². The Hall–Kier alpha value is -1.91. The van der Waals surface area contributed by atoms with Crippen molar-refractivity contribution in [2.24, 2.45) is 0 Å². The standard InChI is InChI=1S/C28H35ClN2O/c1-2-3-13-27(28(32)24-14-15-25-23(20-24)11-7-12-26(25)29)31-17-8-16-30(18-19-31)21-22-9-5-4-6-10-22/h4-7,9-12,14-15,20,27-28,32H,2-3,8,13,16-19,21H2,1H3. The number of fused-ring (bicyclic) bond motifs is 1. The number of benzene rings is 3. The third-order valence-corrected chi connectivity index (χ3v) is 7.08. The molecule has 170 valence electrons. The molecule has 1 saturated heterocycles. The zero-order valence-electron chi connectivity index (χ0n) is 19.1. The molecular formula is C28H35ClN2O. The van der Waals surface area contributed by atoms with E-state index in [2.05, 4.69) is 71.3 Å². The lowest BCUT2D eigenvalue weighted by molar-refractivity contribution is 0.0435. The fraction of sp³-hybridized carbons (Fsp3) is 0.429. The highest BCUT2D eigenvalue weighted by Gasteiger charge is 2.28. The predicted octanol–water partition coefficient (Wildman–Crippen LogP) is 6.29. The zero-order chi connectivity index (χ0) is 22.3. The molecule has 1 aliphatic heterocycles. The highest BCUT2D eigenvalue weighted by molar-refractivity contribution is 6.35. The van der Waals surface area contributed by atoms with Crippen LogP contribution in [0.5, 0.6) is 0 Å². The van der Waals surface area contributed by atoms with Crippen LogP contribution in [0.15, 0.2) is 66.7 Å². The van der Waals surface area contributed by atoms with Gasteiger partial charge in [-0.3, -0.25) is 9.80 Å². The van der Waals surface area contributed by atoms with Gasteiger partial charge in [0.25, 0.3) is 0 Å². The summed E-state index contributed by atoms with van der Waals surface area (Å²) in [6.07, 6.45) is 3.93. The molecule has 0 amide bonds. The quantitative estimate of drug-likeness (QED) is 0.436. The Labute approximate surface area is 197 Å². The van der Waals surface area contributed by atoms with Gasteiger partial charge in [0, 0.05) is 36.1 Å². The first-order valence-electron chi connectivity index (χ1n) is 12.0. The lowest BCUT2D eigenvalue weighted by Crippen LogP contribution is -2.42. The van der Waals surface area contributed by atoms with Crippen LogP contribution in [0, 0.1) is 0 Å². The number of rotatable bonds is 8. The van der Waals surface area contributed by atoms with Gasteiger partial charge in [0.2, 0.25) is 0 Å². The van der Waals surface area contributed by atoms with E-state index in [1.807, 2.05) is 12.1 Å². The Morgan fingerprint density at radius 3 is 2.59 bits per heavy atom. The second-order valence-electron chi connectivity index (χ2n) is 9.03. The van der Waals surface area contributed by atoms with Gasteiger partial charge in [-0.25, -0.2) is 0 Å². The molecule has 0 radical (unpaired) electrons. The lowest BCUT2D eigenvalue weighted by Gasteiger charge is -2.34. The monoisotopic (exact) mass is 450 g/mol. The number of hydrogen-bond acceptors (Lipinski definition) is 3. The number of aliphatic hydroxyl groups excluding tert-OH is 1. The smallest absolute Gasteiger partial charge is 0.0945 e. The molecule has 3 aromatic rings. The number of nitrogens with zero attached hydrogens (tertiary/aromatic N) is 2. The molecule has 0 saturated carbocycles. The van der Waals surface area contributed by atoms with Crippen LogP contribution in [0.4, 0.5) is 0 Å². The van der Waals surface area contributed by atoms with Crippen molar-refractivity contribution in [3.8, 4) is 0 Å². The van der Waals surface area contributed by atoms with Crippen molar-refractivity contribution in [1.82, 2.24) is 9.80 Å².